The number of carboxylic acid groups (broad SMARTS) is 1. The first kappa shape index (κ1) is 8.55. The Hall–Kier alpha value is -2.04. The molecule has 0 atom stereocenters. The average Bonchev–Trinajstić information content (AvgIpc) is 2.44. The molecule has 1 aromatic heterocycles. The Balaban J connectivity index is 2.84. The lowest BCUT2D eigenvalue weighted by Gasteiger charge is -1.95. The third-order valence-electron chi connectivity index (χ3n) is 2.05. The Kier molecular flexibility index (Phi) is 1.67. The molecule has 1 heterocycles. The summed E-state index contributed by atoms with van der Waals surface area (Å²) in [6.45, 7) is 1.91. The molecule has 0 amide bonds. The van der Waals surface area contributed by atoms with Crippen LogP contribution in [-0.2, 0) is 0 Å². The van der Waals surface area contributed by atoms with Crippen LogP contribution in [0.15, 0.2) is 18.2 Å². The molecule has 0 spiro atoms. The summed E-state index contributed by atoms with van der Waals surface area (Å²) in [6, 6.07) is 5.34. The number of nitrogen functional groups attached to an aromatic ring is 1. The summed E-state index contributed by atoms with van der Waals surface area (Å²) in [6.07, 6.45) is -1.13. The molecule has 0 aliphatic rings. The number of hydrogen-bond acceptors (Lipinski definition) is 3. The van der Waals surface area contributed by atoms with Crippen molar-refractivity contribution in [3.63, 3.8) is 0 Å². The van der Waals surface area contributed by atoms with Crippen LogP contribution in [0.25, 0.3) is 10.9 Å². The highest BCUT2D eigenvalue weighted by Crippen LogP contribution is 2.21. The van der Waals surface area contributed by atoms with E-state index in [0.717, 1.165) is 10.2 Å². The van der Waals surface area contributed by atoms with Crippen molar-refractivity contribution >= 4 is 22.8 Å². The molecule has 5 nitrogen and oxygen atoms in total. The van der Waals surface area contributed by atoms with Crippen LogP contribution >= 0.6 is 0 Å². The third kappa shape index (κ3) is 1.10. The van der Waals surface area contributed by atoms with Gasteiger partial charge in [-0.3, -0.25) is 0 Å². The first-order valence-corrected chi connectivity index (χ1v) is 4.08. The van der Waals surface area contributed by atoms with E-state index in [4.69, 9.17) is 10.8 Å². The topological polar surface area (TPSA) is 81.1 Å². The minimum Gasteiger partial charge on any atom is -0.463 e. The molecule has 0 bridgehead atoms. The summed E-state index contributed by atoms with van der Waals surface area (Å²) in [4.78, 5) is 10.8. The lowest BCUT2D eigenvalue weighted by Crippen LogP contribution is -2.09. The second-order valence-electron chi connectivity index (χ2n) is 3.10. The maximum atomic E-state index is 10.8. The molecule has 0 saturated heterocycles. The van der Waals surface area contributed by atoms with Crippen LogP contribution in [0.1, 0.15) is 5.56 Å². The van der Waals surface area contributed by atoms with Gasteiger partial charge in [-0.05, 0) is 19.1 Å². The highest BCUT2D eigenvalue weighted by atomic mass is 16.4. The predicted molar refractivity (Wildman–Crippen MR) is 52.3 cm³/mol. The molecule has 0 saturated carbocycles. The highest BCUT2D eigenvalue weighted by Gasteiger charge is 2.12. The number of aromatic nitrogens is 2. The van der Waals surface area contributed by atoms with Crippen LogP contribution < -0.4 is 5.73 Å². The van der Waals surface area contributed by atoms with Gasteiger partial charge in [0.15, 0.2) is 5.82 Å². The minimum atomic E-state index is -1.13. The minimum absolute atomic E-state index is 0.242. The molecule has 5 heteroatoms. The second-order valence-corrected chi connectivity index (χ2v) is 3.10. The molecule has 0 unspecified atom stereocenters. The number of rotatable bonds is 0. The maximum absolute atomic E-state index is 10.8. The van der Waals surface area contributed by atoms with E-state index in [0.29, 0.717) is 10.9 Å². The monoisotopic (exact) mass is 191 g/mol. The van der Waals surface area contributed by atoms with Crippen molar-refractivity contribution in [2.24, 2.45) is 0 Å². The molecule has 72 valence electrons. The van der Waals surface area contributed by atoms with Gasteiger partial charge in [0.05, 0.1) is 5.52 Å². The number of nitrogens with two attached hydrogens (primary N) is 1. The van der Waals surface area contributed by atoms with Crippen LogP contribution in [0.4, 0.5) is 10.6 Å². The van der Waals surface area contributed by atoms with Crippen LogP contribution in [0.3, 0.4) is 0 Å². The standard InChI is InChI=1S/C9H9N3O2/c1-5-2-3-7-6(4-5)8(10)11-12(7)9(13)14/h2-4H,1H3,(H2,10,11)(H,13,14). The molecule has 2 rings (SSSR count). The summed E-state index contributed by atoms with van der Waals surface area (Å²) in [5.74, 6) is 0.242. The van der Waals surface area contributed by atoms with Crippen LogP contribution in [0.2, 0.25) is 0 Å². The molecule has 0 aliphatic carbocycles. The number of nitrogens with zero attached hydrogens (tertiary/aromatic N) is 2. The van der Waals surface area contributed by atoms with Gasteiger partial charge in [0.2, 0.25) is 0 Å². The van der Waals surface area contributed by atoms with E-state index in [1.54, 1.807) is 6.07 Å². The quantitative estimate of drug-likeness (QED) is 0.660. The van der Waals surface area contributed by atoms with E-state index in [1.165, 1.54) is 0 Å². The van der Waals surface area contributed by atoms with E-state index in [2.05, 4.69) is 5.10 Å². The summed E-state index contributed by atoms with van der Waals surface area (Å²) in [5, 5.41) is 13.2. The van der Waals surface area contributed by atoms with Crippen molar-refractivity contribution < 1.29 is 9.90 Å². The summed E-state index contributed by atoms with van der Waals surface area (Å²) in [7, 11) is 0. The van der Waals surface area contributed by atoms with Crippen LogP contribution in [-0.4, -0.2) is 21.0 Å². The van der Waals surface area contributed by atoms with Gasteiger partial charge >= 0.3 is 6.09 Å². The van der Waals surface area contributed by atoms with Gasteiger partial charge in [0.1, 0.15) is 0 Å². The zero-order valence-corrected chi connectivity index (χ0v) is 7.56. The molecule has 0 fully saturated rings. The fourth-order valence-electron chi connectivity index (χ4n) is 1.40. The summed E-state index contributed by atoms with van der Waals surface area (Å²) < 4.78 is 0.879. The Bertz CT molecular complexity index is 516. The van der Waals surface area contributed by atoms with Gasteiger partial charge < -0.3 is 10.8 Å². The first-order valence-electron chi connectivity index (χ1n) is 4.08. The molecule has 0 radical (unpaired) electrons. The fraction of sp³-hybridized carbons (Fsp3) is 0.111. The van der Waals surface area contributed by atoms with Crippen molar-refractivity contribution in [3.05, 3.63) is 23.8 Å². The normalized spacial score (nSPS) is 10.6. The van der Waals surface area contributed by atoms with Crippen molar-refractivity contribution in [1.82, 2.24) is 9.78 Å². The van der Waals surface area contributed by atoms with Crippen LogP contribution in [0, 0.1) is 6.92 Å². The van der Waals surface area contributed by atoms with E-state index in [9.17, 15) is 4.79 Å². The predicted octanol–water partition coefficient (Wildman–Crippen LogP) is 1.45. The zero-order chi connectivity index (χ0) is 10.3. The molecular weight excluding hydrogens is 182 g/mol. The largest absolute Gasteiger partial charge is 0.463 e. The molecular formula is C9H9N3O2. The van der Waals surface area contributed by atoms with Gasteiger partial charge in [-0.15, -0.1) is 5.10 Å². The lowest BCUT2D eigenvalue weighted by molar-refractivity contribution is 0.194. The van der Waals surface area contributed by atoms with Gasteiger partial charge in [-0.2, -0.15) is 4.68 Å². The Morgan fingerprint density at radius 2 is 2.29 bits per heavy atom. The smallest absolute Gasteiger partial charge is 0.432 e. The van der Waals surface area contributed by atoms with Gasteiger partial charge in [0, 0.05) is 5.39 Å². The van der Waals surface area contributed by atoms with Gasteiger partial charge in [0.25, 0.3) is 0 Å². The van der Waals surface area contributed by atoms with Crippen molar-refractivity contribution in [1.29, 1.82) is 0 Å². The van der Waals surface area contributed by atoms with E-state index in [1.807, 2.05) is 19.1 Å². The van der Waals surface area contributed by atoms with E-state index >= 15 is 0 Å². The maximum Gasteiger partial charge on any atom is 0.432 e. The SMILES string of the molecule is Cc1ccc2c(c1)c(N)nn2C(=O)O. The molecule has 2 aromatic rings. The zero-order valence-electron chi connectivity index (χ0n) is 7.56. The Labute approximate surface area is 79.7 Å². The van der Waals surface area contributed by atoms with Crippen molar-refractivity contribution in [3.8, 4) is 0 Å². The fourth-order valence-corrected chi connectivity index (χ4v) is 1.40. The lowest BCUT2D eigenvalue weighted by atomic mass is 10.2. The molecule has 14 heavy (non-hydrogen) atoms. The third-order valence-corrected chi connectivity index (χ3v) is 2.05. The first-order chi connectivity index (χ1) is 6.59. The number of carbonyl (C=O) groups is 1. The molecule has 3 N–H and O–H groups in total. The van der Waals surface area contributed by atoms with Crippen molar-refractivity contribution in [2.75, 3.05) is 5.73 Å². The number of benzene rings is 1. The van der Waals surface area contributed by atoms with E-state index < -0.39 is 6.09 Å². The summed E-state index contributed by atoms with van der Waals surface area (Å²) in [5.41, 5.74) is 7.13. The second kappa shape index (κ2) is 2.73. The molecule has 0 aliphatic heterocycles. The number of aryl methyl sites for hydroxylation is 1. The van der Waals surface area contributed by atoms with Crippen LogP contribution in [0.5, 0.6) is 0 Å². The Morgan fingerprint density at radius 1 is 1.57 bits per heavy atom. The number of fused-ring (bicyclic) bond motifs is 1. The van der Waals surface area contributed by atoms with Crippen molar-refractivity contribution in [2.45, 2.75) is 6.92 Å². The number of hydrogen-bond donors (Lipinski definition) is 2. The Morgan fingerprint density at radius 3 is 2.93 bits per heavy atom. The van der Waals surface area contributed by atoms with Gasteiger partial charge in [-0.1, -0.05) is 11.6 Å². The molecule has 1 aromatic carbocycles. The van der Waals surface area contributed by atoms with E-state index in [-0.39, 0.29) is 5.82 Å². The number of anilines is 1. The summed E-state index contributed by atoms with van der Waals surface area (Å²) >= 11 is 0. The van der Waals surface area contributed by atoms with Gasteiger partial charge in [-0.25, -0.2) is 4.79 Å². The highest BCUT2D eigenvalue weighted by molar-refractivity contribution is 5.94. The average molecular weight is 191 g/mol.